The van der Waals surface area contributed by atoms with Gasteiger partial charge < -0.3 is 9.47 Å². The Morgan fingerprint density at radius 2 is 2.00 bits per heavy atom. The van der Waals surface area contributed by atoms with Crippen molar-refractivity contribution >= 4 is 18.0 Å². The van der Waals surface area contributed by atoms with Crippen LogP contribution in [0.3, 0.4) is 0 Å². The number of hydrogen-bond acceptors (Lipinski definition) is 5. The summed E-state index contributed by atoms with van der Waals surface area (Å²) in [5.74, 6) is -1.01. The van der Waals surface area contributed by atoms with Gasteiger partial charge in [-0.1, -0.05) is 30.3 Å². The van der Waals surface area contributed by atoms with E-state index in [4.69, 9.17) is 4.74 Å². The molecule has 1 atom stereocenters. The van der Waals surface area contributed by atoms with Crippen molar-refractivity contribution in [2.75, 3.05) is 7.11 Å². The van der Waals surface area contributed by atoms with Gasteiger partial charge in [-0.3, -0.25) is 4.79 Å². The zero-order valence-electron chi connectivity index (χ0n) is 11.1. The first-order valence-electron chi connectivity index (χ1n) is 6.24. The minimum Gasteiger partial charge on any atom is -0.459 e. The monoisotopic (exact) mass is 277 g/mol. The van der Waals surface area contributed by atoms with Crippen molar-refractivity contribution in [3.05, 3.63) is 35.9 Å². The van der Waals surface area contributed by atoms with Crippen molar-refractivity contribution in [2.45, 2.75) is 25.5 Å². The van der Waals surface area contributed by atoms with Crippen LogP contribution in [0.2, 0.25) is 0 Å². The van der Waals surface area contributed by atoms with Gasteiger partial charge in [-0.2, -0.15) is 0 Å². The van der Waals surface area contributed by atoms with Crippen molar-refractivity contribution in [3.63, 3.8) is 0 Å². The summed E-state index contributed by atoms with van der Waals surface area (Å²) >= 11 is 0. The van der Waals surface area contributed by atoms with Gasteiger partial charge in [0.15, 0.2) is 0 Å². The molecule has 106 valence electrons. The van der Waals surface area contributed by atoms with Crippen LogP contribution in [0.25, 0.3) is 0 Å². The second kappa shape index (κ2) is 6.18. The molecule has 0 saturated carbocycles. The second-order valence-electron chi connectivity index (χ2n) is 4.38. The van der Waals surface area contributed by atoms with Crippen LogP contribution >= 0.6 is 0 Å². The highest BCUT2D eigenvalue weighted by molar-refractivity contribution is 5.99. The number of methoxy groups -OCH3 is 1. The van der Waals surface area contributed by atoms with Crippen LogP contribution in [0.5, 0.6) is 0 Å². The van der Waals surface area contributed by atoms with Gasteiger partial charge in [-0.15, -0.1) is 0 Å². The molecule has 0 aromatic heterocycles. The molecule has 1 aromatic carbocycles. The van der Waals surface area contributed by atoms with Crippen LogP contribution < -0.4 is 0 Å². The Labute approximate surface area is 116 Å². The molecule has 0 N–H and O–H groups in total. The predicted molar refractivity (Wildman–Crippen MR) is 68.5 cm³/mol. The van der Waals surface area contributed by atoms with Crippen molar-refractivity contribution in [2.24, 2.45) is 0 Å². The van der Waals surface area contributed by atoms with Crippen LogP contribution in [0.15, 0.2) is 30.3 Å². The molecule has 6 nitrogen and oxygen atoms in total. The molecule has 1 fully saturated rings. The maximum Gasteiger partial charge on any atom is 0.417 e. The van der Waals surface area contributed by atoms with Crippen molar-refractivity contribution in [1.82, 2.24) is 4.90 Å². The molecule has 0 radical (unpaired) electrons. The fourth-order valence-electron chi connectivity index (χ4n) is 2.06. The van der Waals surface area contributed by atoms with Crippen molar-refractivity contribution in [1.29, 1.82) is 0 Å². The Bertz CT molecular complexity index is 514. The van der Waals surface area contributed by atoms with E-state index in [9.17, 15) is 14.4 Å². The third-order valence-electron chi connectivity index (χ3n) is 3.08. The van der Waals surface area contributed by atoms with Crippen LogP contribution in [0, 0.1) is 0 Å². The second-order valence-corrected chi connectivity index (χ2v) is 4.38. The normalized spacial score (nSPS) is 17.9. The lowest BCUT2D eigenvalue weighted by Gasteiger charge is -2.19. The Kier molecular flexibility index (Phi) is 4.34. The molecule has 1 aliphatic rings. The van der Waals surface area contributed by atoms with E-state index < -0.39 is 24.0 Å². The molecule has 0 aliphatic carbocycles. The van der Waals surface area contributed by atoms with E-state index >= 15 is 0 Å². The number of likely N-dealkylation sites (tertiary alicyclic amines) is 1. The van der Waals surface area contributed by atoms with Crippen LogP contribution in [-0.2, 0) is 25.7 Å². The highest BCUT2D eigenvalue weighted by atomic mass is 16.6. The smallest absolute Gasteiger partial charge is 0.417 e. The lowest BCUT2D eigenvalue weighted by molar-refractivity contribution is -0.152. The fourth-order valence-corrected chi connectivity index (χ4v) is 2.06. The number of esters is 1. The SMILES string of the molecule is COC(=O)N1C(=O)CC[C@H]1C(=O)OCc1ccccc1. The van der Waals surface area contributed by atoms with E-state index in [1.54, 1.807) is 0 Å². The fraction of sp³-hybridized carbons (Fsp3) is 0.357. The van der Waals surface area contributed by atoms with E-state index in [1.165, 1.54) is 7.11 Å². The third-order valence-corrected chi connectivity index (χ3v) is 3.08. The average Bonchev–Trinajstić information content (AvgIpc) is 2.87. The van der Waals surface area contributed by atoms with Gasteiger partial charge in [-0.25, -0.2) is 14.5 Å². The van der Waals surface area contributed by atoms with Gasteiger partial charge in [0.1, 0.15) is 12.6 Å². The van der Waals surface area contributed by atoms with Gasteiger partial charge in [0, 0.05) is 6.42 Å². The van der Waals surface area contributed by atoms with Gasteiger partial charge >= 0.3 is 12.1 Å². The number of nitrogens with zero attached hydrogens (tertiary/aromatic N) is 1. The summed E-state index contributed by atoms with van der Waals surface area (Å²) in [6.07, 6.45) is -0.420. The number of carbonyl (C=O) groups is 3. The highest BCUT2D eigenvalue weighted by Crippen LogP contribution is 2.21. The maximum absolute atomic E-state index is 12.0. The van der Waals surface area contributed by atoms with Gasteiger partial charge in [0.25, 0.3) is 0 Å². The number of hydrogen-bond donors (Lipinski definition) is 0. The molecular weight excluding hydrogens is 262 g/mol. The quantitative estimate of drug-likeness (QED) is 0.783. The standard InChI is InChI=1S/C14H15NO5/c1-19-14(18)15-11(7-8-12(15)16)13(17)20-9-10-5-3-2-4-6-10/h2-6,11H,7-9H2,1H3/t11-/m0/s1. The van der Waals surface area contributed by atoms with Gasteiger partial charge in [0.05, 0.1) is 7.11 Å². The largest absolute Gasteiger partial charge is 0.459 e. The van der Waals surface area contributed by atoms with E-state index in [1.807, 2.05) is 30.3 Å². The molecule has 2 amide bonds. The number of rotatable bonds is 3. The third kappa shape index (κ3) is 2.96. The Morgan fingerprint density at radius 3 is 2.65 bits per heavy atom. The lowest BCUT2D eigenvalue weighted by Crippen LogP contribution is -2.43. The summed E-state index contributed by atoms with van der Waals surface area (Å²) in [5.41, 5.74) is 0.842. The summed E-state index contributed by atoms with van der Waals surface area (Å²) in [6.45, 7) is 0.110. The molecule has 1 aromatic rings. The van der Waals surface area contributed by atoms with Crippen molar-refractivity contribution < 1.29 is 23.9 Å². The van der Waals surface area contributed by atoms with Crippen LogP contribution in [-0.4, -0.2) is 36.0 Å². The lowest BCUT2D eigenvalue weighted by atomic mass is 10.2. The van der Waals surface area contributed by atoms with E-state index in [0.29, 0.717) is 0 Å². The van der Waals surface area contributed by atoms with E-state index in [0.717, 1.165) is 10.5 Å². The Morgan fingerprint density at radius 1 is 1.30 bits per heavy atom. The molecule has 0 bridgehead atoms. The molecule has 0 spiro atoms. The Balaban J connectivity index is 1.98. The number of carbonyl (C=O) groups excluding carboxylic acids is 3. The topological polar surface area (TPSA) is 72.9 Å². The van der Waals surface area contributed by atoms with E-state index in [2.05, 4.69) is 4.74 Å². The number of benzene rings is 1. The molecule has 1 aliphatic heterocycles. The maximum atomic E-state index is 12.0. The van der Waals surface area contributed by atoms with Gasteiger partial charge in [-0.05, 0) is 12.0 Å². The molecule has 20 heavy (non-hydrogen) atoms. The first-order valence-corrected chi connectivity index (χ1v) is 6.24. The highest BCUT2D eigenvalue weighted by Gasteiger charge is 2.41. The summed E-state index contributed by atoms with van der Waals surface area (Å²) in [7, 11) is 1.17. The van der Waals surface area contributed by atoms with Crippen LogP contribution in [0.4, 0.5) is 4.79 Å². The minimum absolute atomic E-state index is 0.110. The Hall–Kier alpha value is -2.37. The first-order chi connectivity index (χ1) is 9.63. The molecule has 2 rings (SSSR count). The average molecular weight is 277 g/mol. The molecule has 1 heterocycles. The molecule has 0 unspecified atom stereocenters. The van der Waals surface area contributed by atoms with Crippen molar-refractivity contribution in [3.8, 4) is 0 Å². The van der Waals surface area contributed by atoms with E-state index in [-0.39, 0.29) is 19.4 Å². The number of amides is 2. The summed E-state index contributed by atoms with van der Waals surface area (Å²) in [4.78, 5) is 35.9. The zero-order valence-corrected chi connectivity index (χ0v) is 11.1. The van der Waals surface area contributed by atoms with Gasteiger partial charge in [0.2, 0.25) is 5.91 Å². The minimum atomic E-state index is -0.890. The number of imide groups is 1. The summed E-state index contributed by atoms with van der Waals surface area (Å²) in [6, 6.07) is 8.29. The first kappa shape index (κ1) is 14.0. The predicted octanol–water partition coefficient (Wildman–Crippen LogP) is 1.49. The zero-order chi connectivity index (χ0) is 14.5. The number of ether oxygens (including phenoxy) is 2. The molecular formula is C14H15NO5. The summed E-state index contributed by atoms with van der Waals surface area (Å²) < 4.78 is 9.65. The molecule has 1 saturated heterocycles. The van der Waals surface area contributed by atoms with Crippen LogP contribution in [0.1, 0.15) is 18.4 Å². The molecule has 6 heteroatoms. The summed E-state index contributed by atoms with van der Waals surface area (Å²) in [5, 5.41) is 0.